The summed E-state index contributed by atoms with van der Waals surface area (Å²) in [6, 6.07) is 8.73. The molecule has 1 aliphatic rings. The second-order valence-corrected chi connectivity index (χ2v) is 6.77. The lowest BCUT2D eigenvalue weighted by Gasteiger charge is -2.10. The largest absolute Gasteiger partial charge is 0.256 e. The molecule has 0 aliphatic heterocycles. The third kappa shape index (κ3) is 2.06. The normalized spacial score (nSPS) is 14.8. The molecule has 2 aromatic heterocycles. The fourth-order valence-corrected chi connectivity index (χ4v) is 4.02. The SMILES string of the molecule is N#Cc1nccc(-c2ccccn2)c1S(=O)(=O)C1CC1. The van der Waals surface area contributed by atoms with Gasteiger partial charge < -0.3 is 0 Å². The van der Waals surface area contributed by atoms with E-state index in [9.17, 15) is 8.42 Å². The fourth-order valence-electron chi connectivity index (χ4n) is 2.08. The van der Waals surface area contributed by atoms with Crippen molar-refractivity contribution < 1.29 is 8.42 Å². The minimum absolute atomic E-state index is 0.0173. The van der Waals surface area contributed by atoms with Crippen molar-refractivity contribution in [1.29, 1.82) is 5.26 Å². The highest BCUT2D eigenvalue weighted by Crippen LogP contribution is 2.38. The highest BCUT2D eigenvalue weighted by Gasteiger charge is 2.40. The van der Waals surface area contributed by atoms with Crippen LogP contribution in [0.25, 0.3) is 11.3 Å². The molecule has 3 rings (SSSR count). The Labute approximate surface area is 116 Å². The number of hydrogen-bond acceptors (Lipinski definition) is 5. The summed E-state index contributed by atoms with van der Waals surface area (Å²) in [5.41, 5.74) is 0.926. The van der Waals surface area contributed by atoms with Crippen LogP contribution in [0.4, 0.5) is 0 Å². The van der Waals surface area contributed by atoms with Crippen LogP contribution in [0.5, 0.6) is 0 Å². The van der Waals surface area contributed by atoms with E-state index in [1.807, 2.05) is 6.07 Å². The van der Waals surface area contributed by atoms with Gasteiger partial charge >= 0.3 is 0 Å². The molecule has 2 aromatic rings. The molecule has 1 aliphatic carbocycles. The Morgan fingerprint density at radius 3 is 2.55 bits per heavy atom. The molecule has 2 heterocycles. The van der Waals surface area contributed by atoms with Crippen molar-refractivity contribution in [3.05, 3.63) is 42.4 Å². The Bertz CT molecular complexity index is 791. The van der Waals surface area contributed by atoms with Crippen molar-refractivity contribution in [2.45, 2.75) is 23.0 Å². The molecule has 0 spiro atoms. The van der Waals surface area contributed by atoms with E-state index in [-0.39, 0.29) is 15.8 Å². The van der Waals surface area contributed by atoms with Crippen LogP contribution < -0.4 is 0 Å². The Balaban J connectivity index is 2.29. The molecule has 1 fully saturated rings. The third-order valence-electron chi connectivity index (χ3n) is 3.20. The van der Waals surface area contributed by atoms with Gasteiger partial charge in [0, 0.05) is 18.0 Å². The van der Waals surface area contributed by atoms with Gasteiger partial charge in [-0.05, 0) is 31.0 Å². The zero-order valence-corrected chi connectivity index (χ0v) is 11.3. The maximum Gasteiger partial charge on any atom is 0.184 e. The summed E-state index contributed by atoms with van der Waals surface area (Å²) in [6.07, 6.45) is 4.32. The van der Waals surface area contributed by atoms with Crippen LogP contribution in [0.2, 0.25) is 0 Å². The van der Waals surface area contributed by atoms with Crippen molar-refractivity contribution in [3.8, 4) is 17.3 Å². The third-order valence-corrected chi connectivity index (χ3v) is 5.53. The summed E-state index contributed by atoms with van der Waals surface area (Å²) in [6.45, 7) is 0. The Morgan fingerprint density at radius 2 is 1.95 bits per heavy atom. The summed E-state index contributed by atoms with van der Waals surface area (Å²) in [7, 11) is -3.51. The molecule has 0 amide bonds. The van der Waals surface area contributed by atoms with Gasteiger partial charge in [-0.3, -0.25) is 4.98 Å². The maximum absolute atomic E-state index is 12.5. The number of nitriles is 1. The molecular formula is C14H11N3O2S. The van der Waals surface area contributed by atoms with Gasteiger partial charge in [-0.1, -0.05) is 6.07 Å². The van der Waals surface area contributed by atoms with Crippen molar-refractivity contribution in [3.63, 3.8) is 0 Å². The van der Waals surface area contributed by atoms with Crippen molar-refractivity contribution >= 4 is 9.84 Å². The van der Waals surface area contributed by atoms with Gasteiger partial charge in [0.1, 0.15) is 11.0 Å². The van der Waals surface area contributed by atoms with E-state index in [2.05, 4.69) is 9.97 Å². The van der Waals surface area contributed by atoms with E-state index in [0.29, 0.717) is 24.1 Å². The lowest BCUT2D eigenvalue weighted by atomic mass is 10.1. The van der Waals surface area contributed by atoms with E-state index in [4.69, 9.17) is 5.26 Å². The molecule has 0 N–H and O–H groups in total. The predicted octanol–water partition coefficient (Wildman–Crippen LogP) is 1.95. The smallest absolute Gasteiger partial charge is 0.184 e. The molecule has 1 saturated carbocycles. The monoisotopic (exact) mass is 285 g/mol. The van der Waals surface area contributed by atoms with Gasteiger partial charge in [0.05, 0.1) is 10.9 Å². The van der Waals surface area contributed by atoms with E-state index in [1.165, 1.54) is 6.20 Å². The average molecular weight is 285 g/mol. The molecule has 0 saturated heterocycles. The minimum Gasteiger partial charge on any atom is -0.256 e. The number of nitrogens with zero attached hydrogens (tertiary/aromatic N) is 3. The highest BCUT2D eigenvalue weighted by atomic mass is 32.2. The van der Waals surface area contributed by atoms with Crippen LogP contribution in [-0.2, 0) is 9.84 Å². The van der Waals surface area contributed by atoms with Gasteiger partial charge in [-0.25, -0.2) is 13.4 Å². The minimum atomic E-state index is -3.51. The summed E-state index contributed by atoms with van der Waals surface area (Å²) in [4.78, 5) is 8.09. The standard InChI is InChI=1S/C14H11N3O2S/c15-9-13-14(20(18,19)10-4-5-10)11(6-8-17-13)12-3-1-2-7-16-12/h1-3,6-8,10H,4-5H2. The number of hydrogen-bond donors (Lipinski definition) is 0. The number of pyridine rings is 2. The van der Waals surface area contributed by atoms with Crippen LogP contribution in [0.1, 0.15) is 18.5 Å². The molecule has 0 bridgehead atoms. The Hall–Kier alpha value is -2.26. The molecule has 0 atom stereocenters. The molecule has 0 radical (unpaired) electrons. The zero-order valence-electron chi connectivity index (χ0n) is 10.5. The first kappa shape index (κ1) is 12.8. The topological polar surface area (TPSA) is 83.7 Å². The van der Waals surface area contributed by atoms with Gasteiger partial charge in [0.2, 0.25) is 0 Å². The first-order chi connectivity index (χ1) is 9.64. The lowest BCUT2D eigenvalue weighted by Crippen LogP contribution is -2.12. The van der Waals surface area contributed by atoms with Crippen LogP contribution >= 0.6 is 0 Å². The number of aromatic nitrogens is 2. The molecular weight excluding hydrogens is 274 g/mol. The summed E-state index contributed by atoms with van der Waals surface area (Å²) in [5, 5.41) is 8.77. The molecule has 5 nitrogen and oxygen atoms in total. The molecule has 100 valence electrons. The summed E-state index contributed by atoms with van der Waals surface area (Å²) >= 11 is 0. The van der Waals surface area contributed by atoms with Crippen molar-refractivity contribution in [1.82, 2.24) is 9.97 Å². The van der Waals surface area contributed by atoms with Crippen LogP contribution in [-0.4, -0.2) is 23.6 Å². The number of sulfone groups is 1. The van der Waals surface area contributed by atoms with E-state index < -0.39 is 9.84 Å². The fraction of sp³-hybridized carbons (Fsp3) is 0.214. The van der Waals surface area contributed by atoms with Gasteiger partial charge in [0.15, 0.2) is 15.5 Å². The molecule has 6 heteroatoms. The second-order valence-electron chi connectivity index (χ2n) is 4.61. The van der Waals surface area contributed by atoms with Gasteiger partial charge in [0.25, 0.3) is 0 Å². The molecule has 20 heavy (non-hydrogen) atoms. The van der Waals surface area contributed by atoms with Gasteiger partial charge in [-0.15, -0.1) is 0 Å². The zero-order chi connectivity index (χ0) is 14.2. The van der Waals surface area contributed by atoms with E-state index in [0.717, 1.165) is 0 Å². The van der Waals surface area contributed by atoms with E-state index >= 15 is 0 Å². The predicted molar refractivity (Wildman–Crippen MR) is 72.4 cm³/mol. The molecule has 0 aromatic carbocycles. The van der Waals surface area contributed by atoms with Crippen molar-refractivity contribution in [2.24, 2.45) is 0 Å². The first-order valence-corrected chi connectivity index (χ1v) is 7.73. The lowest BCUT2D eigenvalue weighted by molar-refractivity contribution is 0.594. The van der Waals surface area contributed by atoms with Crippen LogP contribution in [0.3, 0.4) is 0 Å². The summed E-state index contributed by atoms with van der Waals surface area (Å²) < 4.78 is 25.1. The quantitative estimate of drug-likeness (QED) is 0.860. The number of rotatable bonds is 3. The second kappa shape index (κ2) is 4.69. The maximum atomic E-state index is 12.5. The van der Waals surface area contributed by atoms with Crippen LogP contribution in [0.15, 0.2) is 41.6 Å². The van der Waals surface area contributed by atoms with Gasteiger partial charge in [-0.2, -0.15) is 5.26 Å². The molecule has 0 unspecified atom stereocenters. The Kier molecular flexibility index (Phi) is 2.99. The van der Waals surface area contributed by atoms with Crippen molar-refractivity contribution in [2.75, 3.05) is 0 Å². The highest BCUT2D eigenvalue weighted by molar-refractivity contribution is 7.92. The van der Waals surface area contributed by atoms with E-state index in [1.54, 1.807) is 30.5 Å². The average Bonchev–Trinajstić information content (AvgIpc) is 3.32. The first-order valence-electron chi connectivity index (χ1n) is 6.19. The van der Waals surface area contributed by atoms with Crippen LogP contribution in [0, 0.1) is 11.3 Å². The Morgan fingerprint density at radius 1 is 1.15 bits per heavy atom. The summed E-state index contributed by atoms with van der Waals surface area (Å²) in [5.74, 6) is 0.